The highest BCUT2D eigenvalue weighted by Gasteiger charge is 2.34. The first kappa shape index (κ1) is 19.2. The molecular formula is C17H28N2O4S. The number of sulfonamides is 1. The van der Waals surface area contributed by atoms with Gasteiger partial charge in [-0.3, -0.25) is 0 Å². The summed E-state index contributed by atoms with van der Waals surface area (Å²) < 4.78 is 39.2. The molecule has 0 amide bonds. The van der Waals surface area contributed by atoms with Crippen LogP contribution in [0.4, 0.5) is 0 Å². The molecule has 1 aliphatic rings. The van der Waals surface area contributed by atoms with Crippen LogP contribution in [0.25, 0.3) is 0 Å². The van der Waals surface area contributed by atoms with Gasteiger partial charge in [0.05, 0.1) is 6.61 Å². The van der Waals surface area contributed by atoms with Crippen LogP contribution >= 0.6 is 0 Å². The van der Waals surface area contributed by atoms with Gasteiger partial charge in [-0.1, -0.05) is 12.1 Å². The van der Waals surface area contributed by atoms with Crippen molar-refractivity contribution >= 4 is 10.0 Å². The fourth-order valence-corrected chi connectivity index (χ4v) is 4.64. The van der Waals surface area contributed by atoms with Crippen molar-refractivity contribution in [2.45, 2.75) is 30.7 Å². The molecule has 24 heavy (non-hydrogen) atoms. The average molecular weight is 356 g/mol. The SMILES string of the molecule is CCOc1ccccc1S(=O)(=O)N(CCN(C)C)C1CCOCC1. The van der Waals surface area contributed by atoms with Gasteiger partial charge in [-0.2, -0.15) is 4.31 Å². The van der Waals surface area contributed by atoms with Crippen LogP contribution < -0.4 is 4.74 Å². The van der Waals surface area contributed by atoms with Gasteiger partial charge in [0.2, 0.25) is 10.0 Å². The molecular weight excluding hydrogens is 328 g/mol. The van der Waals surface area contributed by atoms with Crippen LogP contribution in [-0.2, 0) is 14.8 Å². The van der Waals surface area contributed by atoms with Gasteiger partial charge in [-0.05, 0) is 46.0 Å². The standard InChI is InChI=1S/C17H28N2O4S/c1-4-23-16-7-5-6-8-17(16)24(20,21)19(12-11-18(2)3)15-9-13-22-14-10-15/h5-8,15H,4,9-14H2,1-3H3. The topological polar surface area (TPSA) is 59.1 Å². The Morgan fingerprint density at radius 3 is 2.46 bits per heavy atom. The van der Waals surface area contributed by atoms with E-state index in [0.717, 1.165) is 12.8 Å². The zero-order valence-electron chi connectivity index (χ0n) is 14.8. The van der Waals surface area contributed by atoms with Crippen molar-refractivity contribution in [2.24, 2.45) is 0 Å². The van der Waals surface area contributed by atoms with E-state index in [1.165, 1.54) is 0 Å². The predicted octanol–water partition coefficient (Wildman–Crippen LogP) is 1.82. The lowest BCUT2D eigenvalue weighted by molar-refractivity contribution is 0.0572. The zero-order valence-corrected chi connectivity index (χ0v) is 15.6. The van der Waals surface area contributed by atoms with Crippen LogP contribution in [0.5, 0.6) is 5.75 Å². The normalized spacial score (nSPS) is 16.7. The first-order valence-corrected chi connectivity index (χ1v) is 9.87. The number of ether oxygens (including phenoxy) is 2. The molecule has 136 valence electrons. The minimum Gasteiger partial charge on any atom is -0.492 e. The molecule has 0 unspecified atom stereocenters. The van der Waals surface area contributed by atoms with Crippen molar-refractivity contribution in [3.63, 3.8) is 0 Å². The summed E-state index contributed by atoms with van der Waals surface area (Å²) >= 11 is 0. The number of nitrogens with zero attached hydrogens (tertiary/aromatic N) is 2. The second kappa shape index (κ2) is 8.80. The third kappa shape index (κ3) is 4.69. The van der Waals surface area contributed by atoms with Gasteiger partial charge < -0.3 is 14.4 Å². The van der Waals surface area contributed by atoms with Gasteiger partial charge in [0.15, 0.2) is 0 Å². The van der Waals surface area contributed by atoms with Crippen molar-refractivity contribution < 1.29 is 17.9 Å². The number of likely N-dealkylation sites (N-methyl/N-ethyl adjacent to an activating group) is 1. The summed E-state index contributed by atoms with van der Waals surface area (Å²) in [7, 11) is 0.272. The van der Waals surface area contributed by atoms with E-state index in [9.17, 15) is 8.42 Å². The van der Waals surface area contributed by atoms with E-state index < -0.39 is 10.0 Å². The van der Waals surface area contributed by atoms with Gasteiger partial charge in [-0.15, -0.1) is 0 Å². The predicted molar refractivity (Wildman–Crippen MR) is 93.9 cm³/mol. The molecule has 0 aliphatic carbocycles. The molecule has 1 aromatic rings. The second-order valence-corrected chi connectivity index (χ2v) is 8.00. The van der Waals surface area contributed by atoms with Gasteiger partial charge in [0.25, 0.3) is 0 Å². The number of benzene rings is 1. The van der Waals surface area contributed by atoms with Crippen LogP contribution in [0.1, 0.15) is 19.8 Å². The fourth-order valence-electron chi connectivity index (χ4n) is 2.84. The number of hydrogen-bond acceptors (Lipinski definition) is 5. The Bertz CT molecular complexity index is 613. The lowest BCUT2D eigenvalue weighted by Crippen LogP contribution is -2.46. The van der Waals surface area contributed by atoms with Crippen molar-refractivity contribution in [3.05, 3.63) is 24.3 Å². The van der Waals surface area contributed by atoms with Crippen LogP contribution in [-0.4, -0.2) is 70.7 Å². The monoisotopic (exact) mass is 356 g/mol. The summed E-state index contributed by atoms with van der Waals surface area (Å²) in [4.78, 5) is 2.24. The number of para-hydroxylation sites is 1. The van der Waals surface area contributed by atoms with Gasteiger partial charge >= 0.3 is 0 Å². The molecule has 0 saturated carbocycles. The maximum atomic E-state index is 13.3. The Balaban J connectivity index is 2.35. The second-order valence-electron chi connectivity index (χ2n) is 6.14. The van der Waals surface area contributed by atoms with Crippen molar-refractivity contribution in [1.82, 2.24) is 9.21 Å². The Kier molecular flexibility index (Phi) is 7.03. The summed E-state index contributed by atoms with van der Waals surface area (Å²) in [5.41, 5.74) is 0. The Labute approximate surface area is 145 Å². The van der Waals surface area contributed by atoms with Gasteiger partial charge in [0, 0.05) is 32.3 Å². The highest BCUT2D eigenvalue weighted by atomic mass is 32.2. The summed E-state index contributed by atoms with van der Waals surface area (Å²) in [5, 5.41) is 0. The lowest BCUT2D eigenvalue weighted by atomic mass is 10.1. The molecule has 0 spiro atoms. The smallest absolute Gasteiger partial charge is 0.247 e. The van der Waals surface area contributed by atoms with Gasteiger partial charge in [-0.25, -0.2) is 8.42 Å². The van der Waals surface area contributed by atoms with Crippen LogP contribution in [0.15, 0.2) is 29.2 Å². The Morgan fingerprint density at radius 2 is 1.83 bits per heavy atom. The van der Waals surface area contributed by atoms with Crippen LogP contribution in [0.3, 0.4) is 0 Å². The third-order valence-corrected chi connectivity index (χ3v) is 6.09. The molecule has 0 bridgehead atoms. The Morgan fingerprint density at radius 1 is 1.17 bits per heavy atom. The van der Waals surface area contributed by atoms with E-state index in [1.807, 2.05) is 25.9 Å². The minimum absolute atomic E-state index is 0.0293. The zero-order chi connectivity index (χ0) is 17.6. The molecule has 2 rings (SSSR count). The third-order valence-electron chi connectivity index (χ3n) is 4.10. The molecule has 1 saturated heterocycles. The van der Waals surface area contributed by atoms with Crippen molar-refractivity contribution in [3.8, 4) is 5.75 Å². The molecule has 0 atom stereocenters. The maximum absolute atomic E-state index is 13.3. The molecule has 6 nitrogen and oxygen atoms in total. The molecule has 1 aliphatic heterocycles. The highest BCUT2D eigenvalue weighted by Crippen LogP contribution is 2.29. The number of rotatable bonds is 8. The average Bonchev–Trinajstić information content (AvgIpc) is 2.56. The van der Waals surface area contributed by atoms with E-state index in [0.29, 0.717) is 38.7 Å². The highest BCUT2D eigenvalue weighted by molar-refractivity contribution is 7.89. The minimum atomic E-state index is -3.62. The summed E-state index contributed by atoms with van der Waals surface area (Å²) in [6, 6.07) is 6.84. The van der Waals surface area contributed by atoms with Gasteiger partial charge in [0.1, 0.15) is 10.6 Å². The summed E-state index contributed by atoms with van der Waals surface area (Å²) in [6.07, 6.45) is 1.45. The van der Waals surface area contributed by atoms with E-state index in [2.05, 4.69) is 0 Å². The molecule has 0 aromatic heterocycles. The van der Waals surface area contributed by atoms with Crippen LogP contribution in [0, 0.1) is 0 Å². The molecule has 0 radical (unpaired) electrons. The number of hydrogen-bond donors (Lipinski definition) is 0. The molecule has 7 heteroatoms. The van der Waals surface area contributed by atoms with E-state index >= 15 is 0 Å². The Hall–Kier alpha value is -1.15. The quantitative estimate of drug-likeness (QED) is 0.711. The molecule has 1 fully saturated rings. The summed E-state index contributed by atoms with van der Waals surface area (Å²) in [6.45, 7) is 4.62. The van der Waals surface area contributed by atoms with Crippen molar-refractivity contribution in [1.29, 1.82) is 0 Å². The first-order valence-electron chi connectivity index (χ1n) is 8.43. The fraction of sp³-hybridized carbons (Fsp3) is 0.647. The van der Waals surface area contributed by atoms with Crippen LogP contribution in [0.2, 0.25) is 0 Å². The molecule has 1 heterocycles. The van der Waals surface area contributed by atoms with E-state index in [1.54, 1.807) is 28.6 Å². The summed E-state index contributed by atoms with van der Waals surface area (Å²) in [5.74, 6) is 0.418. The molecule has 0 N–H and O–H groups in total. The van der Waals surface area contributed by atoms with E-state index in [-0.39, 0.29) is 10.9 Å². The largest absolute Gasteiger partial charge is 0.492 e. The maximum Gasteiger partial charge on any atom is 0.247 e. The van der Waals surface area contributed by atoms with Crippen molar-refractivity contribution in [2.75, 3.05) is 47.0 Å². The molecule has 1 aromatic carbocycles. The van der Waals surface area contributed by atoms with E-state index in [4.69, 9.17) is 9.47 Å². The lowest BCUT2D eigenvalue weighted by Gasteiger charge is -2.34. The first-order chi connectivity index (χ1) is 11.5.